The van der Waals surface area contributed by atoms with E-state index in [1.807, 2.05) is 17.0 Å². The molecule has 126 valence electrons. The molecule has 0 N–H and O–H groups in total. The molecule has 0 bridgehead atoms. The molecule has 2 aromatic rings. The van der Waals surface area contributed by atoms with Crippen molar-refractivity contribution in [2.24, 2.45) is 0 Å². The molecule has 1 aliphatic rings. The Hall–Kier alpha value is -2.27. The van der Waals surface area contributed by atoms with Crippen LogP contribution in [0.5, 0.6) is 5.75 Å². The average Bonchev–Trinajstić information content (AvgIpc) is 2.53. The second-order valence-corrected chi connectivity index (χ2v) is 6.09. The molecule has 1 aliphatic heterocycles. The Kier molecular flexibility index (Phi) is 4.62. The second-order valence-electron chi connectivity index (χ2n) is 5.68. The van der Waals surface area contributed by atoms with Gasteiger partial charge in [0.1, 0.15) is 11.6 Å². The first-order valence-electron chi connectivity index (χ1n) is 7.49. The third-order valence-corrected chi connectivity index (χ3v) is 4.53. The third-order valence-electron chi connectivity index (χ3n) is 4.20. The minimum absolute atomic E-state index is 0.207. The van der Waals surface area contributed by atoms with E-state index in [9.17, 15) is 9.18 Å². The van der Waals surface area contributed by atoms with Crippen molar-refractivity contribution in [1.82, 2.24) is 0 Å². The zero-order valence-electron chi connectivity index (χ0n) is 13.4. The number of carbonyl (C=O) groups excluding carboxylic acids is 1. The van der Waals surface area contributed by atoms with E-state index in [-0.39, 0.29) is 11.5 Å². The molecular formula is C18H17ClFNO3. The van der Waals surface area contributed by atoms with Crippen molar-refractivity contribution in [3.63, 3.8) is 0 Å². The van der Waals surface area contributed by atoms with Gasteiger partial charge in [0.05, 0.1) is 19.8 Å². The molecule has 0 amide bonds. The van der Waals surface area contributed by atoms with Crippen molar-refractivity contribution in [2.45, 2.75) is 5.92 Å². The molecule has 6 heteroatoms. The van der Waals surface area contributed by atoms with Gasteiger partial charge in [0.15, 0.2) is 0 Å². The van der Waals surface area contributed by atoms with Gasteiger partial charge in [-0.15, -0.1) is 0 Å². The molecule has 3 rings (SSSR count). The van der Waals surface area contributed by atoms with E-state index in [4.69, 9.17) is 16.3 Å². The molecule has 1 heterocycles. The van der Waals surface area contributed by atoms with E-state index >= 15 is 0 Å². The summed E-state index contributed by atoms with van der Waals surface area (Å²) >= 11 is 6.30. The maximum atomic E-state index is 13.7. The van der Waals surface area contributed by atoms with Crippen LogP contribution in [-0.4, -0.2) is 33.3 Å². The summed E-state index contributed by atoms with van der Waals surface area (Å²) < 4.78 is 23.5. The molecule has 0 saturated carbocycles. The summed E-state index contributed by atoms with van der Waals surface area (Å²) in [4.78, 5) is 13.6. The Morgan fingerprint density at radius 1 is 1.21 bits per heavy atom. The smallest absolute Gasteiger partial charge is 0.338 e. The Morgan fingerprint density at radius 3 is 2.58 bits per heavy atom. The van der Waals surface area contributed by atoms with Crippen LogP contribution in [0.1, 0.15) is 21.8 Å². The lowest BCUT2D eigenvalue weighted by molar-refractivity contribution is 0.0600. The van der Waals surface area contributed by atoms with Gasteiger partial charge in [-0.25, -0.2) is 9.18 Å². The fraction of sp³-hybridized carbons (Fsp3) is 0.278. The Morgan fingerprint density at radius 2 is 1.96 bits per heavy atom. The molecule has 2 aromatic carbocycles. The first-order valence-corrected chi connectivity index (χ1v) is 7.87. The van der Waals surface area contributed by atoms with Crippen LogP contribution in [0, 0.1) is 5.82 Å². The Balaban J connectivity index is 1.75. The molecule has 0 atom stereocenters. The Labute approximate surface area is 144 Å². The topological polar surface area (TPSA) is 38.8 Å². The number of nitrogens with zero attached hydrogens (tertiary/aromatic N) is 1. The van der Waals surface area contributed by atoms with Gasteiger partial charge >= 0.3 is 5.97 Å². The first kappa shape index (κ1) is 16.6. The first-order chi connectivity index (χ1) is 11.5. The summed E-state index contributed by atoms with van der Waals surface area (Å²) in [5.74, 6) is -0.0362. The van der Waals surface area contributed by atoms with Gasteiger partial charge in [-0.1, -0.05) is 17.7 Å². The number of carbonyl (C=O) groups is 1. The van der Waals surface area contributed by atoms with E-state index in [1.165, 1.54) is 19.2 Å². The fourth-order valence-corrected chi connectivity index (χ4v) is 3.17. The van der Waals surface area contributed by atoms with E-state index < -0.39 is 11.8 Å². The number of anilines is 1. The molecule has 0 spiro atoms. The average molecular weight is 350 g/mol. The van der Waals surface area contributed by atoms with Crippen LogP contribution in [0.25, 0.3) is 0 Å². The standard InChI is InChI=1S/C18H17ClFNO3/c1-23-15-3-4-16(17(19)8-15)12-9-21(10-12)14-6-11(18(22)24-2)5-13(20)7-14/h3-8,12H,9-10H2,1-2H3. The van der Waals surface area contributed by atoms with Crippen LogP contribution in [0.15, 0.2) is 36.4 Å². The van der Waals surface area contributed by atoms with Gasteiger partial charge in [-0.05, 0) is 35.9 Å². The highest BCUT2D eigenvalue weighted by molar-refractivity contribution is 6.31. The zero-order valence-corrected chi connectivity index (χ0v) is 14.1. The lowest BCUT2D eigenvalue weighted by Gasteiger charge is -2.41. The number of halogens is 2. The third kappa shape index (κ3) is 3.17. The lowest BCUT2D eigenvalue weighted by Crippen LogP contribution is -2.45. The van der Waals surface area contributed by atoms with Crippen molar-refractivity contribution in [2.75, 3.05) is 32.2 Å². The van der Waals surface area contributed by atoms with Gasteiger partial charge in [0.25, 0.3) is 0 Å². The second kappa shape index (κ2) is 6.69. The number of rotatable bonds is 4. The quantitative estimate of drug-likeness (QED) is 0.785. The van der Waals surface area contributed by atoms with Crippen molar-refractivity contribution in [1.29, 1.82) is 0 Å². The molecule has 0 unspecified atom stereocenters. The largest absolute Gasteiger partial charge is 0.497 e. The highest BCUT2D eigenvalue weighted by Gasteiger charge is 2.30. The predicted octanol–water partition coefficient (Wildman–Crippen LogP) is 3.88. The number of esters is 1. The minimum Gasteiger partial charge on any atom is -0.497 e. The summed E-state index contributed by atoms with van der Waals surface area (Å²) in [6.07, 6.45) is 0. The fourth-order valence-electron chi connectivity index (χ4n) is 2.84. The normalized spacial score (nSPS) is 14.2. The molecule has 0 radical (unpaired) electrons. The van der Waals surface area contributed by atoms with Gasteiger partial charge in [0, 0.05) is 29.7 Å². The summed E-state index contributed by atoms with van der Waals surface area (Å²) in [6.45, 7) is 1.41. The SMILES string of the molecule is COC(=O)c1cc(F)cc(N2CC(c3ccc(OC)cc3Cl)C2)c1. The highest BCUT2D eigenvalue weighted by Crippen LogP contribution is 2.37. The van der Waals surface area contributed by atoms with E-state index in [0.717, 1.165) is 5.56 Å². The molecular weight excluding hydrogens is 333 g/mol. The molecule has 0 aliphatic carbocycles. The maximum Gasteiger partial charge on any atom is 0.338 e. The summed E-state index contributed by atoms with van der Waals surface area (Å²) in [6, 6.07) is 9.85. The monoisotopic (exact) mass is 349 g/mol. The zero-order chi connectivity index (χ0) is 17.3. The van der Waals surface area contributed by atoms with E-state index in [2.05, 4.69) is 4.74 Å². The van der Waals surface area contributed by atoms with Gasteiger partial charge in [-0.3, -0.25) is 0 Å². The van der Waals surface area contributed by atoms with Crippen molar-refractivity contribution < 1.29 is 18.7 Å². The highest BCUT2D eigenvalue weighted by atomic mass is 35.5. The van der Waals surface area contributed by atoms with Gasteiger partial charge in [-0.2, -0.15) is 0 Å². The van der Waals surface area contributed by atoms with Crippen LogP contribution >= 0.6 is 11.6 Å². The van der Waals surface area contributed by atoms with Gasteiger partial charge in [0.2, 0.25) is 0 Å². The van der Waals surface area contributed by atoms with Crippen LogP contribution in [0.2, 0.25) is 5.02 Å². The number of benzene rings is 2. The van der Waals surface area contributed by atoms with Crippen LogP contribution in [0.4, 0.5) is 10.1 Å². The molecule has 0 aromatic heterocycles. The maximum absolute atomic E-state index is 13.7. The lowest BCUT2D eigenvalue weighted by atomic mass is 9.90. The summed E-state index contributed by atoms with van der Waals surface area (Å²) in [5.41, 5.74) is 1.91. The van der Waals surface area contributed by atoms with Crippen LogP contribution < -0.4 is 9.64 Å². The number of hydrogen-bond acceptors (Lipinski definition) is 4. The minimum atomic E-state index is -0.550. The molecule has 1 fully saturated rings. The number of ether oxygens (including phenoxy) is 2. The van der Waals surface area contributed by atoms with Gasteiger partial charge < -0.3 is 14.4 Å². The van der Waals surface area contributed by atoms with Crippen molar-refractivity contribution >= 4 is 23.3 Å². The van der Waals surface area contributed by atoms with Crippen LogP contribution in [-0.2, 0) is 4.74 Å². The molecule has 4 nitrogen and oxygen atoms in total. The summed E-state index contributed by atoms with van der Waals surface area (Å²) in [7, 11) is 2.87. The molecule has 1 saturated heterocycles. The van der Waals surface area contributed by atoms with Crippen molar-refractivity contribution in [3.8, 4) is 5.75 Å². The van der Waals surface area contributed by atoms with E-state index in [0.29, 0.717) is 29.5 Å². The number of methoxy groups -OCH3 is 2. The summed E-state index contributed by atoms with van der Waals surface area (Å²) in [5, 5.41) is 0.661. The molecule has 24 heavy (non-hydrogen) atoms. The van der Waals surface area contributed by atoms with Crippen molar-refractivity contribution in [3.05, 3.63) is 58.4 Å². The van der Waals surface area contributed by atoms with E-state index in [1.54, 1.807) is 19.2 Å². The Bertz CT molecular complexity index is 775. The number of hydrogen-bond donors (Lipinski definition) is 0. The predicted molar refractivity (Wildman–Crippen MR) is 90.7 cm³/mol. The van der Waals surface area contributed by atoms with Crippen LogP contribution in [0.3, 0.4) is 0 Å².